The van der Waals surface area contributed by atoms with Crippen molar-refractivity contribution in [3.05, 3.63) is 0 Å². The normalized spacial score (nSPS) is 17.9. The Morgan fingerprint density at radius 2 is 1.90 bits per heavy atom. The van der Waals surface area contributed by atoms with Crippen LogP contribution >= 0.6 is 24.0 Å². The van der Waals surface area contributed by atoms with E-state index < -0.39 is 0 Å². The smallest absolute Gasteiger partial charge is 0.222 e. The molecule has 0 radical (unpaired) electrons. The molecule has 0 aromatic heterocycles. The van der Waals surface area contributed by atoms with Crippen LogP contribution in [0.3, 0.4) is 0 Å². The number of likely N-dealkylation sites (tertiary alicyclic amines) is 1. The second-order valence-corrected chi connectivity index (χ2v) is 5.27. The van der Waals surface area contributed by atoms with E-state index in [1.54, 1.807) is 0 Å². The Kier molecular flexibility index (Phi) is 10.9. The lowest BCUT2D eigenvalue weighted by atomic mass is 10.2. The number of nitrogens with zero attached hydrogens (tertiary/aromatic N) is 2. The lowest BCUT2D eigenvalue weighted by Gasteiger charge is -2.21. The number of carbonyl (C=O) groups excluding carboxylic acids is 1. The first-order valence-corrected chi connectivity index (χ1v) is 7.47. The van der Waals surface area contributed by atoms with Crippen LogP contribution in [0.15, 0.2) is 4.99 Å². The minimum atomic E-state index is 0. The Bertz CT molecular complexity index is 302. The van der Waals surface area contributed by atoms with Crippen molar-refractivity contribution in [2.24, 2.45) is 10.7 Å². The van der Waals surface area contributed by atoms with E-state index in [1.165, 1.54) is 25.7 Å². The predicted octanol–water partition coefficient (Wildman–Crippen LogP) is 2.10. The zero-order chi connectivity index (χ0) is 14.1. The lowest BCUT2D eigenvalue weighted by molar-refractivity contribution is -0.121. The van der Waals surface area contributed by atoms with Gasteiger partial charge in [-0.3, -0.25) is 9.79 Å². The highest BCUT2D eigenvalue weighted by Gasteiger charge is 2.11. The van der Waals surface area contributed by atoms with Crippen molar-refractivity contribution in [3.63, 3.8) is 0 Å². The summed E-state index contributed by atoms with van der Waals surface area (Å²) in [6.45, 7) is 6.53. The van der Waals surface area contributed by atoms with E-state index in [1.807, 2.05) is 6.92 Å². The van der Waals surface area contributed by atoms with E-state index in [4.69, 9.17) is 5.73 Å². The molecule has 5 nitrogen and oxygen atoms in total. The van der Waals surface area contributed by atoms with Crippen LogP contribution in [-0.2, 0) is 4.79 Å². The van der Waals surface area contributed by atoms with E-state index in [0.717, 1.165) is 19.5 Å². The van der Waals surface area contributed by atoms with Crippen LogP contribution in [0.5, 0.6) is 0 Å². The number of halogens is 1. The van der Waals surface area contributed by atoms with Crippen molar-refractivity contribution in [1.82, 2.24) is 10.2 Å². The molecule has 0 bridgehead atoms. The van der Waals surface area contributed by atoms with Gasteiger partial charge < -0.3 is 16.0 Å². The number of hydrogen-bond donors (Lipinski definition) is 2. The van der Waals surface area contributed by atoms with Gasteiger partial charge in [-0.05, 0) is 26.2 Å². The number of hydrogen-bond acceptors (Lipinski definition) is 2. The maximum atomic E-state index is 11.6. The molecular formula is C14H29IN4O. The summed E-state index contributed by atoms with van der Waals surface area (Å²) in [6, 6.07) is 0.236. The third-order valence-corrected chi connectivity index (χ3v) is 3.56. The topological polar surface area (TPSA) is 70.7 Å². The van der Waals surface area contributed by atoms with E-state index >= 15 is 0 Å². The van der Waals surface area contributed by atoms with Crippen molar-refractivity contribution < 1.29 is 4.79 Å². The highest BCUT2D eigenvalue weighted by Crippen LogP contribution is 2.09. The molecule has 0 aromatic rings. The van der Waals surface area contributed by atoms with Crippen LogP contribution in [0.2, 0.25) is 0 Å². The van der Waals surface area contributed by atoms with Gasteiger partial charge in [-0.25, -0.2) is 0 Å². The SMILES string of the molecule is CCC(C)NC(=O)CCN=C(N)N1CCCCCC1.I. The molecule has 3 N–H and O–H groups in total. The highest BCUT2D eigenvalue weighted by molar-refractivity contribution is 14.0. The molecule has 118 valence electrons. The second kappa shape index (κ2) is 11.2. The first kappa shape index (κ1) is 19.5. The van der Waals surface area contributed by atoms with Crippen LogP contribution in [-0.4, -0.2) is 42.4 Å². The van der Waals surface area contributed by atoms with Gasteiger partial charge in [-0.2, -0.15) is 0 Å². The quantitative estimate of drug-likeness (QED) is 0.425. The molecule has 0 spiro atoms. The zero-order valence-electron chi connectivity index (χ0n) is 12.7. The van der Waals surface area contributed by atoms with Crippen molar-refractivity contribution in [1.29, 1.82) is 0 Å². The summed E-state index contributed by atoms with van der Waals surface area (Å²) in [6.07, 6.45) is 6.29. The number of guanidine groups is 1. The fourth-order valence-electron chi connectivity index (χ4n) is 2.12. The minimum Gasteiger partial charge on any atom is -0.370 e. The number of rotatable bonds is 5. The lowest BCUT2D eigenvalue weighted by Crippen LogP contribution is -2.38. The number of aliphatic imine (C=N–C) groups is 1. The Hall–Kier alpha value is -0.530. The van der Waals surface area contributed by atoms with E-state index in [2.05, 4.69) is 22.1 Å². The summed E-state index contributed by atoms with van der Waals surface area (Å²) in [7, 11) is 0. The summed E-state index contributed by atoms with van der Waals surface area (Å²) >= 11 is 0. The van der Waals surface area contributed by atoms with Gasteiger partial charge in [-0.1, -0.05) is 19.8 Å². The molecule has 1 rings (SSSR count). The molecule has 1 amide bonds. The zero-order valence-corrected chi connectivity index (χ0v) is 15.1. The van der Waals surface area contributed by atoms with E-state index in [9.17, 15) is 4.79 Å². The largest absolute Gasteiger partial charge is 0.370 e. The number of amides is 1. The summed E-state index contributed by atoms with van der Waals surface area (Å²) in [5.74, 6) is 0.653. The molecule has 1 unspecified atom stereocenters. The molecule has 1 saturated heterocycles. The van der Waals surface area contributed by atoms with Crippen molar-refractivity contribution in [2.45, 2.75) is 58.4 Å². The van der Waals surface area contributed by atoms with Gasteiger partial charge >= 0.3 is 0 Å². The van der Waals surface area contributed by atoms with Gasteiger partial charge in [0.05, 0.1) is 6.54 Å². The minimum absolute atomic E-state index is 0. The first-order chi connectivity index (χ1) is 9.13. The maximum absolute atomic E-state index is 11.6. The Labute approximate surface area is 139 Å². The first-order valence-electron chi connectivity index (χ1n) is 7.47. The summed E-state index contributed by atoms with van der Waals surface area (Å²) < 4.78 is 0. The van der Waals surface area contributed by atoms with E-state index in [0.29, 0.717) is 18.9 Å². The molecule has 1 atom stereocenters. The third kappa shape index (κ3) is 7.91. The van der Waals surface area contributed by atoms with Crippen LogP contribution < -0.4 is 11.1 Å². The van der Waals surface area contributed by atoms with Crippen LogP contribution in [0, 0.1) is 0 Å². The van der Waals surface area contributed by atoms with Crippen LogP contribution in [0.25, 0.3) is 0 Å². The van der Waals surface area contributed by atoms with Crippen LogP contribution in [0.4, 0.5) is 0 Å². The standard InChI is InChI=1S/C14H28N4O.HI/c1-3-12(2)17-13(19)8-9-16-14(15)18-10-6-4-5-7-11-18;/h12H,3-11H2,1-2H3,(H2,15,16)(H,17,19);1H. The Morgan fingerprint density at radius 3 is 2.45 bits per heavy atom. The average Bonchev–Trinajstić information content (AvgIpc) is 2.67. The van der Waals surface area contributed by atoms with Crippen molar-refractivity contribution >= 4 is 35.8 Å². The van der Waals surface area contributed by atoms with Gasteiger partial charge in [0.25, 0.3) is 0 Å². The monoisotopic (exact) mass is 396 g/mol. The molecule has 20 heavy (non-hydrogen) atoms. The van der Waals surface area contributed by atoms with Crippen molar-refractivity contribution in [3.8, 4) is 0 Å². The Balaban J connectivity index is 0.00000361. The summed E-state index contributed by atoms with van der Waals surface area (Å²) in [4.78, 5) is 18.1. The third-order valence-electron chi connectivity index (χ3n) is 3.56. The molecule has 1 aliphatic heterocycles. The Morgan fingerprint density at radius 1 is 1.30 bits per heavy atom. The van der Waals surface area contributed by atoms with Gasteiger partial charge in [0.15, 0.2) is 5.96 Å². The van der Waals surface area contributed by atoms with Gasteiger partial charge in [-0.15, -0.1) is 24.0 Å². The van der Waals surface area contributed by atoms with Gasteiger partial charge in [0.2, 0.25) is 5.91 Å². The maximum Gasteiger partial charge on any atom is 0.222 e. The fourth-order valence-corrected chi connectivity index (χ4v) is 2.12. The molecule has 1 heterocycles. The van der Waals surface area contributed by atoms with Gasteiger partial charge in [0.1, 0.15) is 0 Å². The number of carbonyl (C=O) groups is 1. The predicted molar refractivity (Wildman–Crippen MR) is 94.5 cm³/mol. The molecule has 0 saturated carbocycles. The second-order valence-electron chi connectivity index (χ2n) is 5.27. The molecule has 0 aliphatic carbocycles. The molecule has 6 heteroatoms. The molecule has 1 fully saturated rings. The average molecular weight is 396 g/mol. The van der Waals surface area contributed by atoms with Crippen LogP contribution in [0.1, 0.15) is 52.4 Å². The summed E-state index contributed by atoms with van der Waals surface area (Å²) in [5, 5.41) is 2.93. The summed E-state index contributed by atoms with van der Waals surface area (Å²) in [5.41, 5.74) is 5.98. The number of nitrogens with two attached hydrogens (primary N) is 1. The highest BCUT2D eigenvalue weighted by atomic mass is 127. The van der Waals surface area contributed by atoms with Gasteiger partial charge in [0, 0.05) is 25.6 Å². The van der Waals surface area contributed by atoms with Crippen molar-refractivity contribution in [2.75, 3.05) is 19.6 Å². The molecule has 1 aliphatic rings. The molecular weight excluding hydrogens is 367 g/mol. The fraction of sp³-hybridized carbons (Fsp3) is 0.857. The molecule has 0 aromatic carbocycles. The number of nitrogens with one attached hydrogen (secondary N) is 1. The van der Waals surface area contributed by atoms with E-state index in [-0.39, 0.29) is 35.9 Å².